The van der Waals surface area contributed by atoms with Gasteiger partial charge in [0.05, 0.1) is 5.57 Å². The van der Waals surface area contributed by atoms with Crippen molar-refractivity contribution >= 4 is 11.9 Å². The number of rotatable bonds is 6. The Morgan fingerprint density at radius 3 is 2.50 bits per heavy atom. The molecule has 0 aromatic rings. The molecular formula is C12H16O4. The number of esters is 1. The molecule has 0 bridgehead atoms. The molecule has 0 aromatic carbocycles. The summed E-state index contributed by atoms with van der Waals surface area (Å²) >= 11 is 0. The monoisotopic (exact) mass is 224 g/mol. The quantitative estimate of drug-likeness (QED) is 0.426. The van der Waals surface area contributed by atoms with Gasteiger partial charge in [-0.05, 0) is 25.3 Å². The van der Waals surface area contributed by atoms with E-state index in [1.165, 1.54) is 0 Å². The van der Waals surface area contributed by atoms with Crippen molar-refractivity contribution in [2.24, 2.45) is 0 Å². The van der Waals surface area contributed by atoms with Crippen molar-refractivity contribution in [1.82, 2.24) is 0 Å². The molecule has 1 aliphatic rings. The van der Waals surface area contributed by atoms with Gasteiger partial charge in [0.2, 0.25) is 0 Å². The molecule has 1 fully saturated rings. The predicted octanol–water partition coefficient (Wildman–Crippen LogP) is 2.06. The maximum Gasteiger partial charge on any atom is 0.338 e. The summed E-state index contributed by atoms with van der Waals surface area (Å²) in [7, 11) is 0. The molecule has 0 saturated heterocycles. The lowest BCUT2D eigenvalue weighted by atomic mass is 10.2. The van der Waals surface area contributed by atoms with Crippen LogP contribution in [0.25, 0.3) is 0 Å². The van der Waals surface area contributed by atoms with Crippen LogP contribution in [-0.2, 0) is 14.3 Å². The standard InChI is InChI=1S/C12H16O4/c1-3-6-12(7-8-12)16-11(15)9(2)4-5-10(13)14/h4-5H,2-3,6-8H2,1H3,(H,13,14). The predicted molar refractivity (Wildman–Crippen MR) is 58.9 cm³/mol. The van der Waals surface area contributed by atoms with Crippen LogP contribution < -0.4 is 0 Å². The van der Waals surface area contributed by atoms with Crippen LogP contribution >= 0.6 is 0 Å². The highest BCUT2D eigenvalue weighted by Crippen LogP contribution is 2.44. The molecule has 0 heterocycles. The Kier molecular flexibility index (Phi) is 3.88. The first-order valence-electron chi connectivity index (χ1n) is 5.32. The van der Waals surface area contributed by atoms with E-state index in [-0.39, 0.29) is 11.2 Å². The fourth-order valence-electron chi connectivity index (χ4n) is 1.50. The molecule has 1 N–H and O–H groups in total. The summed E-state index contributed by atoms with van der Waals surface area (Å²) in [4.78, 5) is 21.8. The van der Waals surface area contributed by atoms with Crippen molar-refractivity contribution in [3.8, 4) is 0 Å². The summed E-state index contributed by atoms with van der Waals surface area (Å²) in [5, 5.41) is 8.39. The summed E-state index contributed by atoms with van der Waals surface area (Å²) in [6.07, 6.45) is 5.64. The van der Waals surface area contributed by atoms with E-state index in [9.17, 15) is 9.59 Å². The smallest absolute Gasteiger partial charge is 0.338 e. The molecule has 0 spiro atoms. The Bertz CT molecular complexity index is 337. The number of carbonyl (C=O) groups excluding carboxylic acids is 1. The van der Waals surface area contributed by atoms with Gasteiger partial charge in [-0.1, -0.05) is 19.9 Å². The zero-order chi connectivity index (χ0) is 12.2. The van der Waals surface area contributed by atoms with Gasteiger partial charge in [-0.15, -0.1) is 0 Å². The van der Waals surface area contributed by atoms with Gasteiger partial charge in [0.25, 0.3) is 0 Å². The Labute approximate surface area is 94.6 Å². The summed E-state index contributed by atoms with van der Waals surface area (Å²) < 4.78 is 5.30. The Morgan fingerprint density at radius 2 is 2.06 bits per heavy atom. The minimum Gasteiger partial charge on any atom is -0.478 e. The van der Waals surface area contributed by atoms with E-state index in [0.717, 1.165) is 37.8 Å². The van der Waals surface area contributed by atoms with Gasteiger partial charge in [-0.25, -0.2) is 9.59 Å². The van der Waals surface area contributed by atoms with E-state index >= 15 is 0 Å². The Morgan fingerprint density at radius 1 is 1.44 bits per heavy atom. The molecule has 0 aliphatic heterocycles. The van der Waals surface area contributed by atoms with Crippen molar-refractivity contribution in [1.29, 1.82) is 0 Å². The maximum atomic E-state index is 11.5. The summed E-state index contributed by atoms with van der Waals surface area (Å²) in [6, 6.07) is 0. The lowest BCUT2D eigenvalue weighted by Crippen LogP contribution is -2.19. The van der Waals surface area contributed by atoms with E-state index in [4.69, 9.17) is 9.84 Å². The molecule has 0 atom stereocenters. The maximum absolute atomic E-state index is 11.5. The van der Waals surface area contributed by atoms with Crippen molar-refractivity contribution < 1.29 is 19.4 Å². The average Bonchev–Trinajstić information content (AvgIpc) is 2.94. The third-order valence-electron chi connectivity index (χ3n) is 2.51. The van der Waals surface area contributed by atoms with Crippen molar-refractivity contribution in [2.75, 3.05) is 0 Å². The van der Waals surface area contributed by atoms with Crippen molar-refractivity contribution in [2.45, 2.75) is 38.2 Å². The van der Waals surface area contributed by atoms with Gasteiger partial charge >= 0.3 is 11.9 Å². The van der Waals surface area contributed by atoms with Crippen LogP contribution in [0, 0.1) is 0 Å². The molecule has 16 heavy (non-hydrogen) atoms. The number of ether oxygens (including phenoxy) is 1. The highest BCUT2D eigenvalue weighted by molar-refractivity contribution is 5.93. The number of hydrogen-bond donors (Lipinski definition) is 1. The van der Waals surface area contributed by atoms with E-state index < -0.39 is 11.9 Å². The number of carboxylic acids is 1. The fraction of sp³-hybridized carbons (Fsp3) is 0.500. The molecule has 4 nitrogen and oxygen atoms in total. The van der Waals surface area contributed by atoms with Crippen LogP contribution in [0.4, 0.5) is 0 Å². The molecule has 0 radical (unpaired) electrons. The zero-order valence-corrected chi connectivity index (χ0v) is 9.36. The third-order valence-corrected chi connectivity index (χ3v) is 2.51. The Hall–Kier alpha value is -1.58. The molecule has 4 heteroatoms. The first-order valence-corrected chi connectivity index (χ1v) is 5.32. The summed E-state index contributed by atoms with van der Waals surface area (Å²) in [5.41, 5.74) is -0.226. The number of hydrogen-bond acceptors (Lipinski definition) is 3. The molecule has 0 unspecified atom stereocenters. The van der Waals surface area contributed by atoms with Crippen LogP contribution in [0.5, 0.6) is 0 Å². The SMILES string of the molecule is C=C(C=CC(=O)O)C(=O)OC1(CCC)CC1. The van der Waals surface area contributed by atoms with Crippen LogP contribution in [0.2, 0.25) is 0 Å². The van der Waals surface area contributed by atoms with E-state index in [2.05, 4.69) is 6.58 Å². The van der Waals surface area contributed by atoms with Crippen molar-refractivity contribution in [3.63, 3.8) is 0 Å². The number of carboxylic acid groups (broad SMARTS) is 1. The van der Waals surface area contributed by atoms with Crippen LogP contribution in [-0.4, -0.2) is 22.6 Å². The van der Waals surface area contributed by atoms with E-state index in [0.29, 0.717) is 0 Å². The topological polar surface area (TPSA) is 63.6 Å². The van der Waals surface area contributed by atoms with Gasteiger partial charge in [0, 0.05) is 6.08 Å². The lowest BCUT2D eigenvalue weighted by molar-refractivity contribution is -0.146. The first-order chi connectivity index (χ1) is 7.49. The molecule has 0 aromatic heterocycles. The average molecular weight is 224 g/mol. The van der Waals surface area contributed by atoms with Gasteiger partial charge in [0.15, 0.2) is 0 Å². The molecule has 1 aliphatic carbocycles. The van der Waals surface area contributed by atoms with Gasteiger partial charge in [0.1, 0.15) is 5.60 Å². The molecule has 1 rings (SSSR count). The minimum atomic E-state index is -1.11. The fourth-order valence-corrected chi connectivity index (χ4v) is 1.50. The second-order valence-corrected chi connectivity index (χ2v) is 4.02. The van der Waals surface area contributed by atoms with Crippen LogP contribution in [0.3, 0.4) is 0 Å². The first kappa shape index (κ1) is 12.5. The molecular weight excluding hydrogens is 208 g/mol. The minimum absolute atomic E-state index is 0.0739. The van der Waals surface area contributed by atoms with Gasteiger partial charge in [-0.3, -0.25) is 0 Å². The second-order valence-electron chi connectivity index (χ2n) is 4.02. The highest BCUT2D eigenvalue weighted by Gasteiger charge is 2.45. The largest absolute Gasteiger partial charge is 0.478 e. The number of carbonyl (C=O) groups is 2. The zero-order valence-electron chi connectivity index (χ0n) is 9.36. The summed E-state index contributed by atoms with van der Waals surface area (Å²) in [5.74, 6) is -1.63. The molecule has 88 valence electrons. The Balaban J connectivity index is 2.46. The van der Waals surface area contributed by atoms with Gasteiger partial charge < -0.3 is 9.84 Å². The van der Waals surface area contributed by atoms with Crippen LogP contribution in [0.1, 0.15) is 32.6 Å². The normalized spacial score (nSPS) is 17.1. The number of aliphatic carboxylic acids is 1. The van der Waals surface area contributed by atoms with E-state index in [1.807, 2.05) is 6.92 Å². The molecule has 1 saturated carbocycles. The van der Waals surface area contributed by atoms with Crippen molar-refractivity contribution in [3.05, 3.63) is 24.3 Å². The lowest BCUT2D eigenvalue weighted by Gasteiger charge is -2.15. The van der Waals surface area contributed by atoms with Crippen LogP contribution in [0.15, 0.2) is 24.3 Å². The van der Waals surface area contributed by atoms with E-state index in [1.54, 1.807) is 0 Å². The third kappa shape index (κ3) is 3.53. The second kappa shape index (κ2) is 4.96. The van der Waals surface area contributed by atoms with Gasteiger partial charge in [-0.2, -0.15) is 0 Å². The molecule has 0 amide bonds. The highest BCUT2D eigenvalue weighted by atomic mass is 16.6. The summed E-state index contributed by atoms with van der Waals surface area (Å²) in [6.45, 7) is 5.51.